The van der Waals surface area contributed by atoms with E-state index in [0.29, 0.717) is 40.5 Å². The lowest BCUT2D eigenvalue weighted by atomic mass is 10.2. The van der Waals surface area contributed by atoms with E-state index in [4.69, 9.17) is 14.2 Å². The summed E-state index contributed by atoms with van der Waals surface area (Å²) >= 11 is 3.48. The molecule has 0 unspecified atom stereocenters. The molecule has 0 saturated heterocycles. The maximum Gasteiger partial charge on any atom is 0.271 e. The van der Waals surface area contributed by atoms with Crippen molar-refractivity contribution in [2.24, 2.45) is 5.10 Å². The highest BCUT2D eigenvalue weighted by Crippen LogP contribution is 2.29. The summed E-state index contributed by atoms with van der Waals surface area (Å²) in [5.74, 6) is 0.956. The summed E-state index contributed by atoms with van der Waals surface area (Å²) < 4.78 is 31.4. The van der Waals surface area contributed by atoms with Gasteiger partial charge in [-0.3, -0.25) is 4.79 Å². The Labute approximate surface area is 229 Å². The van der Waals surface area contributed by atoms with Gasteiger partial charge in [-0.2, -0.15) is 5.10 Å². The fourth-order valence-electron chi connectivity index (χ4n) is 3.50. The Morgan fingerprint density at radius 3 is 2.34 bits per heavy atom. The molecule has 0 saturated carbocycles. The molecular formula is C30H26BrFN2O4. The minimum atomic E-state index is -0.383. The van der Waals surface area contributed by atoms with E-state index in [1.165, 1.54) is 18.3 Å². The zero-order chi connectivity index (χ0) is 26.7. The van der Waals surface area contributed by atoms with Crippen LogP contribution in [0.5, 0.6) is 17.2 Å². The number of halogens is 2. The van der Waals surface area contributed by atoms with Crippen LogP contribution in [0.2, 0.25) is 0 Å². The Balaban J connectivity index is 1.34. The molecule has 0 spiro atoms. The first kappa shape index (κ1) is 26.9. The van der Waals surface area contributed by atoms with Gasteiger partial charge in [0.1, 0.15) is 24.8 Å². The number of amides is 1. The van der Waals surface area contributed by atoms with Crippen LogP contribution in [0.3, 0.4) is 0 Å². The predicted molar refractivity (Wildman–Crippen MR) is 148 cm³/mol. The lowest BCUT2D eigenvalue weighted by Crippen LogP contribution is -2.17. The number of carbonyl (C=O) groups is 1. The summed E-state index contributed by atoms with van der Waals surface area (Å²) in [5.41, 5.74) is 5.43. The molecule has 0 radical (unpaired) electrons. The van der Waals surface area contributed by atoms with E-state index < -0.39 is 0 Å². The second kappa shape index (κ2) is 13.4. The highest BCUT2D eigenvalue weighted by molar-refractivity contribution is 9.10. The number of nitrogens with one attached hydrogen (secondary N) is 1. The van der Waals surface area contributed by atoms with E-state index in [1.54, 1.807) is 42.5 Å². The molecule has 0 fully saturated rings. The van der Waals surface area contributed by atoms with Gasteiger partial charge in [0.25, 0.3) is 5.91 Å². The van der Waals surface area contributed by atoms with Crippen LogP contribution in [0.1, 0.15) is 34.0 Å². The molecule has 4 aromatic rings. The zero-order valence-corrected chi connectivity index (χ0v) is 22.3. The lowest BCUT2D eigenvalue weighted by Gasteiger charge is -2.13. The molecule has 8 heteroatoms. The molecule has 1 amide bonds. The number of nitrogens with zero attached hydrogens (tertiary/aromatic N) is 1. The third-order valence-corrected chi connectivity index (χ3v) is 5.98. The number of carbonyl (C=O) groups excluding carboxylic acids is 1. The average Bonchev–Trinajstić information content (AvgIpc) is 2.92. The maximum atomic E-state index is 13.3. The van der Waals surface area contributed by atoms with E-state index in [1.807, 2.05) is 43.3 Å². The van der Waals surface area contributed by atoms with Crippen LogP contribution in [0.25, 0.3) is 0 Å². The van der Waals surface area contributed by atoms with Crippen molar-refractivity contribution < 1.29 is 23.4 Å². The molecule has 1 N–H and O–H groups in total. The van der Waals surface area contributed by atoms with Gasteiger partial charge in [-0.05, 0) is 88.1 Å². The van der Waals surface area contributed by atoms with E-state index in [-0.39, 0.29) is 18.3 Å². The highest BCUT2D eigenvalue weighted by Gasteiger charge is 2.12. The fraction of sp³-hybridized carbons (Fsp3) is 0.133. The van der Waals surface area contributed by atoms with Crippen LogP contribution >= 0.6 is 15.9 Å². The molecule has 0 aromatic heterocycles. The van der Waals surface area contributed by atoms with Crippen molar-refractivity contribution in [3.63, 3.8) is 0 Å². The second-order valence-electron chi connectivity index (χ2n) is 8.18. The molecule has 4 rings (SSSR count). The third kappa shape index (κ3) is 7.66. The Morgan fingerprint density at radius 2 is 1.58 bits per heavy atom. The van der Waals surface area contributed by atoms with Crippen LogP contribution in [0.15, 0.2) is 101 Å². The molecule has 0 heterocycles. The standard InChI is InChI=1S/C30H26BrFN2O4/c1-2-36-29-17-24(12-14-28(29)38-19-21-7-4-3-5-8-21)30(35)34-33-18-22-11-13-27(26(31)16-22)37-20-23-9-6-10-25(32)15-23/h3-18H,2,19-20H2,1H3,(H,34,35)/b33-18+. The van der Waals surface area contributed by atoms with Crippen LogP contribution in [-0.4, -0.2) is 18.7 Å². The molecular weight excluding hydrogens is 551 g/mol. The van der Waals surface area contributed by atoms with Gasteiger partial charge in [-0.1, -0.05) is 42.5 Å². The van der Waals surface area contributed by atoms with Gasteiger partial charge in [0, 0.05) is 5.56 Å². The Hall–Kier alpha value is -4.17. The Morgan fingerprint density at radius 1 is 0.842 bits per heavy atom. The van der Waals surface area contributed by atoms with Crippen molar-refractivity contribution >= 4 is 28.1 Å². The van der Waals surface area contributed by atoms with Gasteiger partial charge in [0.05, 0.1) is 17.3 Å². The number of hydrogen-bond donors (Lipinski definition) is 1. The predicted octanol–water partition coefficient (Wildman–Crippen LogP) is 6.91. The molecule has 0 atom stereocenters. The van der Waals surface area contributed by atoms with Crippen molar-refractivity contribution in [3.05, 3.63) is 124 Å². The van der Waals surface area contributed by atoms with E-state index in [0.717, 1.165) is 16.7 Å². The number of hydrazone groups is 1. The SMILES string of the molecule is CCOc1cc(C(=O)N/N=C/c2ccc(OCc3cccc(F)c3)c(Br)c2)ccc1OCc1ccccc1. The first-order valence-electron chi connectivity index (χ1n) is 12.0. The number of ether oxygens (including phenoxy) is 3. The van der Waals surface area contributed by atoms with Crippen LogP contribution < -0.4 is 19.6 Å². The highest BCUT2D eigenvalue weighted by atomic mass is 79.9. The summed E-state index contributed by atoms with van der Waals surface area (Å²) in [6.45, 7) is 2.93. The minimum Gasteiger partial charge on any atom is -0.490 e. The second-order valence-corrected chi connectivity index (χ2v) is 9.03. The lowest BCUT2D eigenvalue weighted by molar-refractivity contribution is 0.0954. The van der Waals surface area contributed by atoms with E-state index >= 15 is 0 Å². The van der Waals surface area contributed by atoms with Crippen molar-refractivity contribution in [2.45, 2.75) is 20.1 Å². The zero-order valence-electron chi connectivity index (χ0n) is 20.7. The van der Waals surface area contributed by atoms with E-state index in [2.05, 4.69) is 26.5 Å². The molecule has 0 bridgehead atoms. The molecule has 38 heavy (non-hydrogen) atoms. The quantitative estimate of drug-likeness (QED) is 0.155. The number of hydrogen-bond acceptors (Lipinski definition) is 5. The molecule has 0 aliphatic heterocycles. The number of benzene rings is 4. The van der Waals surface area contributed by atoms with Gasteiger partial charge >= 0.3 is 0 Å². The minimum absolute atomic E-state index is 0.236. The summed E-state index contributed by atoms with van der Waals surface area (Å²) in [6, 6.07) is 26.5. The van der Waals surface area contributed by atoms with Crippen LogP contribution in [0.4, 0.5) is 4.39 Å². The van der Waals surface area contributed by atoms with Crippen LogP contribution in [0, 0.1) is 5.82 Å². The van der Waals surface area contributed by atoms with Crippen molar-refractivity contribution in [1.29, 1.82) is 0 Å². The molecule has 4 aromatic carbocycles. The van der Waals surface area contributed by atoms with Gasteiger partial charge in [0.2, 0.25) is 0 Å². The van der Waals surface area contributed by atoms with Crippen molar-refractivity contribution in [2.75, 3.05) is 6.61 Å². The average molecular weight is 577 g/mol. The van der Waals surface area contributed by atoms with Crippen molar-refractivity contribution in [1.82, 2.24) is 5.43 Å². The molecule has 6 nitrogen and oxygen atoms in total. The number of rotatable bonds is 11. The molecule has 194 valence electrons. The first-order chi connectivity index (χ1) is 18.5. The summed E-state index contributed by atoms with van der Waals surface area (Å²) in [5, 5.41) is 4.07. The first-order valence-corrected chi connectivity index (χ1v) is 12.7. The summed E-state index contributed by atoms with van der Waals surface area (Å²) in [6.07, 6.45) is 1.53. The van der Waals surface area contributed by atoms with Crippen LogP contribution in [-0.2, 0) is 13.2 Å². The third-order valence-electron chi connectivity index (χ3n) is 5.36. The summed E-state index contributed by atoms with van der Waals surface area (Å²) in [7, 11) is 0. The van der Waals surface area contributed by atoms with Gasteiger partial charge in [-0.15, -0.1) is 0 Å². The smallest absolute Gasteiger partial charge is 0.271 e. The largest absolute Gasteiger partial charge is 0.490 e. The van der Waals surface area contributed by atoms with Gasteiger partial charge < -0.3 is 14.2 Å². The monoisotopic (exact) mass is 576 g/mol. The fourth-order valence-corrected chi connectivity index (χ4v) is 4.02. The maximum absolute atomic E-state index is 13.3. The topological polar surface area (TPSA) is 69.2 Å². The Bertz CT molecular complexity index is 1410. The van der Waals surface area contributed by atoms with Gasteiger partial charge in [0.15, 0.2) is 11.5 Å². The molecule has 0 aliphatic rings. The normalized spacial score (nSPS) is 10.8. The van der Waals surface area contributed by atoms with Gasteiger partial charge in [-0.25, -0.2) is 9.82 Å². The van der Waals surface area contributed by atoms with Crippen molar-refractivity contribution in [3.8, 4) is 17.2 Å². The molecule has 0 aliphatic carbocycles. The summed E-state index contributed by atoms with van der Waals surface area (Å²) in [4.78, 5) is 12.7. The van der Waals surface area contributed by atoms with E-state index in [9.17, 15) is 9.18 Å². The Kier molecular flexibility index (Phi) is 9.48.